The summed E-state index contributed by atoms with van der Waals surface area (Å²) >= 11 is 0. The van der Waals surface area contributed by atoms with Gasteiger partial charge in [-0.05, 0) is 117 Å². The van der Waals surface area contributed by atoms with Crippen molar-refractivity contribution < 1.29 is 9.84 Å². The largest absolute Gasteiger partial charge is 0.393 e. The molecule has 176 valence electrons. The molecule has 0 radical (unpaired) electrons. The second kappa shape index (κ2) is 7.59. The van der Waals surface area contributed by atoms with Gasteiger partial charge in [-0.25, -0.2) is 0 Å². The van der Waals surface area contributed by atoms with E-state index in [0.717, 1.165) is 42.4 Å². The molecule has 4 fully saturated rings. The molecule has 0 unspecified atom stereocenters. The highest BCUT2D eigenvalue weighted by molar-refractivity contribution is 5.25. The molecule has 0 amide bonds. The molecule has 3 saturated carbocycles. The molecule has 1 aliphatic heterocycles. The number of aliphatic hydroxyl groups is 1. The molecule has 31 heavy (non-hydrogen) atoms. The van der Waals surface area contributed by atoms with E-state index < -0.39 is 0 Å². The molecule has 1 saturated heterocycles. The first-order valence-electron chi connectivity index (χ1n) is 13.7. The molecule has 1 heterocycles. The summed E-state index contributed by atoms with van der Waals surface area (Å²) in [7, 11) is 0. The highest BCUT2D eigenvalue weighted by Crippen LogP contribution is 2.67. The monoisotopic (exact) mass is 428 g/mol. The highest BCUT2D eigenvalue weighted by Gasteiger charge is 2.60. The Hall–Kier alpha value is -0.340. The van der Waals surface area contributed by atoms with Gasteiger partial charge in [0, 0.05) is 0 Å². The van der Waals surface area contributed by atoms with E-state index in [2.05, 4.69) is 47.6 Å². The van der Waals surface area contributed by atoms with E-state index in [0.29, 0.717) is 22.9 Å². The number of epoxide rings is 1. The first-order valence-corrected chi connectivity index (χ1v) is 13.7. The number of hydrogen-bond acceptors (Lipinski definition) is 2. The quantitative estimate of drug-likeness (QED) is 0.372. The summed E-state index contributed by atoms with van der Waals surface area (Å²) in [5.41, 5.74) is 2.69. The van der Waals surface area contributed by atoms with Crippen LogP contribution in [0.25, 0.3) is 0 Å². The van der Waals surface area contributed by atoms with Crippen molar-refractivity contribution in [2.24, 2.45) is 46.3 Å². The summed E-state index contributed by atoms with van der Waals surface area (Å²) in [5.74, 6) is 4.99. The summed E-state index contributed by atoms with van der Waals surface area (Å²) in [5, 5.41) is 10.3. The van der Waals surface area contributed by atoms with E-state index >= 15 is 0 Å². The molecule has 5 aliphatic rings. The van der Waals surface area contributed by atoms with Crippen LogP contribution in [0.5, 0.6) is 0 Å². The van der Waals surface area contributed by atoms with Crippen LogP contribution < -0.4 is 0 Å². The van der Waals surface area contributed by atoms with Crippen molar-refractivity contribution in [1.29, 1.82) is 0 Å². The van der Waals surface area contributed by atoms with Gasteiger partial charge in [0.05, 0.1) is 17.8 Å². The minimum Gasteiger partial charge on any atom is -0.393 e. The molecule has 1 N–H and O–H groups in total. The molecule has 5 rings (SSSR count). The third-order valence-electron chi connectivity index (χ3n) is 11.8. The van der Waals surface area contributed by atoms with Gasteiger partial charge in [0.25, 0.3) is 0 Å². The van der Waals surface area contributed by atoms with Crippen LogP contribution in [0, 0.1) is 46.3 Å². The lowest BCUT2D eigenvalue weighted by Gasteiger charge is -2.58. The summed E-state index contributed by atoms with van der Waals surface area (Å²) in [6.45, 7) is 14.8. The topological polar surface area (TPSA) is 32.8 Å². The van der Waals surface area contributed by atoms with Gasteiger partial charge in [-0.15, -0.1) is 0 Å². The van der Waals surface area contributed by atoms with Gasteiger partial charge in [0.1, 0.15) is 0 Å². The smallest absolute Gasteiger partial charge is 0.0968 e. The Morgan fingerprint density at radius 1 is 1.06 bits per heavy atom. The molecule has 0 aromatic carbocycles. The number of allylic oxidation sites excluding steroid dienone is 1. The van der Waals surface area contributed by atoms with Gasteiger partial charge in [0.2, 0.25) is 0 Å². The van der Waals surface area contributed by atoms with Gasteiger partial charge in [0.15, 0.2) is 0 Å². The van der Waals surface area contributed by atoms with Crippen LogP contribution in [-0.4, -0.2) is 22.9 Å². The normalized spacial score (nSPS) is 52.2. The first kappa shape index (κ1) is 22.5. The van der Waals surface area contributed by atoms with Crippen molar-refractivity contribution in [2.45, 2.75) is 124 Å². The van der Waals surface area contributed by atoms with Crippen LogP contribution in [0.2, 0.25) is 0 Å². The maximum atomic E-state index is 10.3. The average molecular weight is 429 g/mol. The Morgan fingerprint density at radius 2 is 1.81 bits per heavy atom. The van der Waals surface area contributed by atoms with Gasteiger partial charge >= 0.3 is 0 Å². The third kappa shape index (κ3) is 3.32. The van der Waals surface area contributed by atoms with E-state index in [4.69, 9.17) is 4.74 Å². The molecule has 4 aliphatic carbocycles. The van der Waals surface area contributed by atoms with E-state index in [1.54, 1.807) is 5.57 Å². The Kier molecular flexibility index (Phi) is 5.50. The zero-order valence-corrected chi connectivity index (χ0v) is 21.1. The molecular formula is C29H48O2. The zero-order valence-electron chi connectivity index (χ0n) is 21.1. The van der Waals surface area contributed by atoms with Crippen molar-refractivity contribution in [3.63, 3.8) is 0 Å². The lowest BCUT2D eigenvalue weighted by atomic mass is 9.47. The van der Waals surface area contributed by atoms with Crippen LogP contribution >= 0.6 is 0 Å². The Morgan fingerprint density at radius 3 is 2.48 bits per heavy atom. The molecule has 0 spiro atoms. The van der Waals surface area contributed by atoms with Crippen molar-refractivity contribution in [3.05, 3.63) is 11.6 Å². The standard InChI is InChI=1S/C29H48O2/c1-18(2)29(20(4)31-29)16-11-19(3)24-9-10-25-23-8-7-21-17-22(30)12-14-27(21,5)26(23)13-15-28(24,25)6/h7,18-20,22-26,30H,8-17H2,1-6H3/t19-,20-,22+,23+,24-,25+,26+,27+,28-,29-/m1/s1. The van der Waals surface area contributed by atoms with Crippen molar-refractivity contribution >= 4 is 0 Å². The SMILES string of the molecule is CC(C)[C@@]1(CC[C@@H](C)[C@H]2CC[C@H]3[C@@H]4CC=C5C[C@@H](O)CC[C@]5(C)[C@H]4CC[C@]23C)O[C@@H]1C. The third-order valence-corrected chi connectivity index (χ3v) is 11.8. The van der Waals surface area contributed by atoms with E-state index in [1.165, 1.54) is 51.4 Å². The number of fused-ring (bicyclic) bond motifs is 5. The highest BCUT2D eigenvalue weighted by atomic mass is 16.6. The summed E-state index contributed by atoms with van der Waals surface area (Å²) in [6, 6.07) is 0. The Bertz CT molecular complexity index is 726. The Labute approximate surface area is 191 Å². The lowest BCUT2D eigenvalue weighted by Crippen LogP contribution is -2.50. The van der Waals surface area contributed by atoms with Crippen LogP contribution in [0.4, 0.5) is 0 Å². The number of ether oxygens (including phenoxy) is 1. The lowest BCUT2D eigenvalue weighted by molar-refractivity contribution is -0.0576. The predicted octanol–water partition coefficient (Wildman–Crippen LogP) is 7.16. The second-order valence-corrected chi connectivity index (χ2v) is 13.3. The average Bonchev–Trinajstić information content (AvgIpc) is 3.25. The van der Waals surface area contributed by atoms with Crippen LogP contribution in [-0.2, 0) is 4.74 Å². The van der Waals surface area contributed by atoms with Crippen LogP contribution in [0.1, 0.15) is 106 Å². The van der Waals surface area contributed by atoms with Crippen LogP contribution in [0.15, 0.2) is 11.6 Å². The zero-order chi connectivity index (χ0) is 22.2. The molecule has 0 aromatic rings. The number of aliphatic hydroxyl groups excluding tert-OH is 1. The maximum absolute atomic E-state index is 10.3. The maximum Gasteiger partial charge on any atom is 0.0968 e. The minimum absolute atomic E-state index is 0.0891. The molecule has 2 heteroatoms. The van der Waals surface area contributed by atoms with Crippen molar-refractivity contribution in [2.75, 3.05) is 0 Å². The molecule has 0 aromatic heterocycles. The van der Waals surface area contributed by atoms with Crippen molar-refractivity contribution in [1.82, 2.24) is 0 Å². The van der Waals surface area contributed by atoms with E-state index in [9.17, 15) is 5.11 Å². The molecule has 2 nitrogen and oxygen atoms in total. The molecule has 10 atom stereocenters. The first-order chi connectivity index (χ1) is 14.6. The van der Waals surface area contributed by atoms with Gasteiger partial charge in [-0.1, -0.05) is 46.3 Å². The Balaban J connectivity index is 1.30. The van der Waals surface area contributed by atoms with Gasteiger partial charge in [-0.3, -0.25) is 0 Å². The fraction of sp³-hybridized carbons (Fsp3) is 0.931. The summed E-state index contributed by atoms with van der Waals surface area (Å²) < 4.78 is 6.13. The molecule has 0 bridgehead atoms. The van der Waals surface area contributed by atoms with E-state index in [1.807, 2.05) is 0 Å². The van der Waals surface area contributed by atoms with Crippen LogP contribution in [0.3, 0.4) is 0 Å². The molecular weight excluding hydrogens is 380 g/mol. The van der Waals surface area contributed by atoms with Crippen molar-refractivity contribution in [3.8, 4) is 0 Å². The second-order valence-electron chi connectivity index (χ2n) is 13.3. The summed E-state index contributed by atoms with van der Waals surface area (Å²) in [4.78, 5) is 0. The van der Waals surface area contributed by atoms with Gasteiger partial charge < -0.3 is 9.84 Å². The fourth-order valence-corrected chi connectivity index (χ4v) is 9.72. The van der Waals surface area contributed by atoms with E-state index in [-0.39, 0.29) is 11.7 Å². The van der Waals surface area contributed by atoms with Gasteiger partial charge in [-0.2, -0.15) is 0 Å². The fourth-order valence-electron chi connectivity index (χ4n) is 9.72. The predicted molar refractivity (Wildman–Crippen MR) is 128 cm³/mol. The number of hydrogen-bond donors (Lipinski definition) is 1. The number of rotatable bonds is 5. The minimum atomic E-state index is -0.0891. The summed E-state index contributed by atoms with van der Waals surface area (Å²) in [6.07, 6.45) is 15.7.